The van der Waals surface area contributed by atoms with E-state index in [2.05, 4.69) is 27.8 Å². The van der Waals surface area contributed by atoms with Gasteiger partial charge >= 0.3 is 5.97 Å². The molecule has 1 fully saturated rings. The minimum Gasteiger partial charge on any atom is -0.481 e. The number of hydrogen-bond acceptors (Lipinski definition) is 5. The number of aliphatic hydroxyl groups is 1. The van der Waals surface area contributed by atoms with Gasteiger partial charge in [0.1, 0.15) is 5.82 Å². The maximum Gasteiger partial charge on any atom is 0.306 e. The SMILES string of the molecule is CC.O=C(O)CC1(O)CCC(C(=O)NCCCCc2ccc3c(n2)NCCC3)CC1. The Balaban J connectivity index is 0.00000155. The highest BCUT2D eigenvalue weighted by Crippen LogP contribution is 2.34. The number of fused-ring (bicyclic) bond motifs is 1. The largest absolute Gasteiger partial charge is 0.481 e. The number of nitrogens with zero attached hydrogens (tertiary/aromatic N) is 1. The molecule has 0 atom stereocenters. The second-order valence-electron chi connectivity index (χ2n) is 8.16. The number of carbonyl (C=O) groups excluding carboxylic acids is 1. The van der Waals surface area contributed by atoms with Gasteiger partial charge in [0.05, 0.1) is 12.0 Å². The number of aliphatic carboxylic acids is 1. The molecule has 168 valence electrons. The summed E-state index contributed by atoms with van der Waals surface area (Å²) < 4.78 is 0. The standard InChI is InChI=1S/C21H31N3O4.C2H6/c25-18(26)14-21(28)10-8-16(9-11-21)20(27)23-12-2-1-5-17-7-6-15-4-3-13-22-19(15)24-17;1-2/h6-7,16,28H,1-5,8-14H2,(H,22,24)(H,23,27)(H,25,26);1-2H3. The Labute approximate surface area is 179 Å². The van der Waals surface area contributed by atoms with Gasteiger partial charge in [0, 0.05) is 24.7 Å². The van der Waals surface area contributed by atoms with Gasteiger partial charge in [-0.25, -0.2) is 4.98 Å². The lowest BCUT2D eigenvalue weighted by atomic mass is 9.77. The lowest BCUT2D eigenvalue weighted by molar-refractivity contribution is -0.144. The van der Waals surface area contributed by atoms with Crippen LogP contribution in [0.1, 0.15) is 76.5 Å². The quantitative estimate of drug-likeness (QED) is 0.481. The van der Waals surface area contributed by atoms with Crippen LogP contribution in [0.3, 0.4) is 0 Å². The number of carboxylic acids is 1. The molecule has 2 heterocycles. The Bertz CT molecular complexity index is 700. The van der Waals surface area contributed by atoms with E-state index in [1.54, 1.807) is 0 Å². The number of carboxylic acid groups (broad SMARTS) is 1. The molecule has 7 nitrogen and oxygen atoms in total. The molecule has 2 aliphatic rings. The molecule has 1 aromatic rings. The first kappa shape index (κ1) is 24.1. The maximum atomic E-state index is 12.3. The minimum atomic E-state index is -1.15. The highest BCUT2D eigenvalue weighted by atomic mass is 16.4. The zero-order valence-corrected chi connectivity index (χ0v) is 18.4. The fraction of sp³-hybridized carbons (Fsp3) is 0.696. The summed E-state index contributed by atoms with van der Waals surface area (Å²) in [5, 5.41) is 25.5. The number of rotatable bonds is 8. The molecule has 0 radical (unpaired) electrons. The van der Waals surface area contributed by atoms with Crippen LogP contribution < -0.4 is 10.6 Å². The summed E-state index contributed by atoms with van der Waals surface area (Å²) >= 11 is 0. The molecular weight excluding hydrogens is 382 g/mol. The molecule has 0 saturated heterocycles. The van der Waals surface area contributed by atoms with E-state index in [0.29, 0.717) is 32.2 Å². The average Bonchev–Trinajstić information content (AvgIpc) is 2.74. The topological polar surface area (TPSA) is 112 Å². The molecule has 7 heteroatoms. The molecule has 0 spiro atoms. The lowest BCUT2D eigenvalue weighted by Crippen LogP contribution is -2.41. The normalized spacial score (nSPS) is 22.7. The Morgan fingerprint density at radius 2 is 1.97 bits per heavy atom. The number of pyridine rings is 1. The molecular formula is C23H37N3O4. The van der Waals surface area contributed by atoms with Crippen molar-refractivity contribution >= 4 is 17.7 Å². The number of anilines is 1. The van der Waals surface area contributed by atoms with Crippen LogP contribution in [-0.4, -0.2) is 45.8 Å². The van der Waals surface area contributed by atoms with Crippen LogP contribution in [0.25, 0.3) is 0 Å². The molecule has 1 saturated carbocycles. The molecule has 0 aromatic carbocycles. The van der Waals surface area contributed by atoms with Crippen molar-refractivity contribution in [2.45, 2.75) is 83.7 Å². The number of hydrogen-bond donors (Lipinski definition) is 4. The number of aryl methyl sites for hydroxylation is 2. The summed E-state index contributed by atoms with van der Waals surface area (Å²) in [6, 6.07) is 4.27. The van der Waals surface area contributed by atoms with Gasteiger partial charge in [0.2, 0.25) is 5.91 Å². The van der Waals surface area contributed by atoms with Gasteiger partial charge in [-0.05, 0) is 69.4 Å². The number of nitrogens with one attached hydrogen (secondary N) is 2. The zero-order valence-electron chi connectivity index (χ0n) is 18.4. The predicted octanol–water partition coefficient (Wildman–Crippen LogP) is 3.30. The maximum absolute atomic E-state index is 12.3. The summed E-state index contributed by atoms with van der Waals surface area (Å²) in [6.45, 7) is 5.63. The summed E-state index contributed by atoms with van der Waals surface area (Å²) in [6.07, 6.45) is 6.60. The van der Waals surface area contributed by atoms with Crippen LogP contribution in [0, 0.1) is 5.92 Å². The third-order valence-electron chi connectivity index (χ3n) is 5.88. The van der Waals surface area contributed by atoms with Gasteiger partial charge < -0.3 is 20.8 Å². The predicted molar refractivity (Wildman–Crippen MR) is 118 cm³/mol. The molecule has 4 N–H and O–H groups in total. The molecule has 1 aromatic heterocycles. The highest BCUT2D eigenvalue weighted by molar-refractivity contribution is 5.78. The van der Waals surface area contributed by atoms with Crippen molar-refractivity contribution in [3.05, 3.63) is 23.4 Å². The van der Waals surface area contributed by atoms with Gasteiger partial charge in [0.25, 0.3) is 0 Å². The molecule has 0 bridgehead atoms. The zero-order chi connectivity index (χ0) is 22.0. The minimum absolute atomic E-state index is 0.0217. The first-order chi connectivity index (χ1) is 14.5. The summed E-state index contributed by atoms with van der Waals surface area (Å²) in [5.41, 5.74) is 1.23. The molecule has 30 heavy (non-hydrogen) atoms. The van der Waals surface area contributed by atoms with Crippen LogP contribution in [0.5, 0.6) is 0 Å². The molecule has 1 aliphatic heterocycles. The first-order valence-corrected chi connectivity index (χ1v) is 11.4. The van der Waals surface area contributed by atoms with Crippen LogP contribution in [0.4, 0.5) is 5.82 Å². The summed E-state index contributed by atoms with van der Waals surface area (Å²) in [4.78, 5) is 27.8. The third kappa shape index (κ3) is 7.27. The fourth-order valence-electron chi connectivity index (χ4n) is 4.17. The number of aromatic nitrogens is 1. The Kier molecular flexibility index (Phi) is 9.56. The number of carbonyl (C=O) groups is 2. The summed E-state index contributed by atoms with van der Waals surface area (Å²) in [5.74, 6) is -0.0669. The first-order valence-electron chi connectivity index (χ1n) is 11.4. The smallest absolute Gasteiger partial charge is 0.306 e. The monoisotopic (exact) mass is 419 g/mol. The van der Waals surface area contributed by atoms with E-state index >= 15 is 0 Å². The summed E-state index contributed by atoms with van der Waals surface area (Å²) in [7, 11) is 0. The van der Waals surface area contributed by atoms with Gasteiger partial charge in [-0.3, -0.25) is 9.59 Å². The van der Waals surface area contributed by atoms with Crippen LogP contribution in [0.2, 0.25) is 0 Å². The van der Waals surface area contributed by atoms with Crippen molar-refractivity contribution in [3.8, 4) is 0 Å². The second kappa shape index (κ2) is 11.9. The van der Waals surface area contributed by atoms with Crippen molar-refractivity contribution in [1.29, 1.82) is 0 Å². The average molecular weight is 420 g/mol. The molecule has 3 rings (SSSR count). The van der Waals surface area contributed by atoms with Gasteiger partial charge in [-0.1, -0.05) is 19.9 Å². The molecule has 1 amide bonds. The van der Waals surface area contributed by atoms with E-state index in [1.807, 2.05) is 13.8 Å². The van der Waals surface area contributed by atoms with Gasteiger partial charge in [0.15, 0.2) is 0 Å². The lowest BCUT2D eigenvalue weighted by Gasteiger charge is -2.34. The van der Waals surface area contributed by atoms with Crippen LogP contribution >= 0.6 is 0 Å². The van der Waals surface area contributed by atoms with E-state index < -0.39 is 11.6 Å². The number of unbranched alkanes of at least 4 members (excludes halogenated alkanes) is 1. The van der Waals surface area contributed by atoms with Crippen molar-refractivity contribution < 1.29 is 19.8 Å². The van der Waals surface area contributed by atoms with Gasteiger partial charge in [-0.2, -0.15) is 0 Å². The number of amides is 1. The van der Waals surface area contributed by atoms with E-state index in [9.17, 15) is 14.7 Å². The van der Waals surface area contributed by atoms with E-state index in [-0.39, 0.29) is 18.2 Å². The van der Waals surface area contributed by atoms with Crippen molar-refractivity contribution in [1.82, 2.24) is 10.3 Å². The van der Waals surface area contributed by atoms with Crippen LogP contribution in [-0.2, 0) is 22.4 Å². The van der Waals surface area contributed by atoms with Gasteiger partial charge in [-0.15, -0.1) is 0 Å². The Hall–Kier alpha value is -2.15. The molecule has 0 unspecified atom stereocenters. The Morgan fingerprint density at radius 3 is 2.67 bits per heavy atom. The fourth-order valence-corrected chi connectivity index (χ4v) is 4.17. The van der Waals surface area contributed by atoms with E-state index in [0.717, 1.165) is 50.2 Å². The Morgan fingerprint density at radius 1 is 1.23 bits per heavy atom. The van der Waals surface area contributed by atoms with Crippen LogP contribution in [0.15, 0.2) is 12.1 Å². The van der Waals surface area contributed by atoms with E-state index in [4.69, 9.17) is 5.11 Å². The van der Waals surface area contributed by atoms with Crippen molar-refractivity contribution in [3.63, 3.8) is 0 Å². The third-order valence-corrected chi connectivity index (χ3v) is 5.88. The molecule has 1 aliphatic carbocycles. The van der Waals surface area contributed by atoms with E-state index in [1.165, 1.54) is 5.56 Å². The van der Waals surface area contributed by atoms with Crippen molar-refractivity contribution in [2.24, 2.45) is 5.92 Å². The highest BCUT2D eigenvalue weighted by Gasteiger charge is 2.37. The van der Waals surface area contributed by atoms with Crippen molar-refractivity contribution in [2.75, 3.05) is 18.4 Å². The second-order valence-corrected chi connectivity index (χ2v) is 8.16.